The van der Waals surface area contributed by atoms with Crippen molar-refractivity contribution in [2.75, 3.05) is 43.5 Å². The molecule has 2 aromatic heterocycles. The predicted molar refractivity (Wildman–Crippen MR) is 118 cm³/mol. The summed E-state index contributed by atoms with van der Waals surface area (Å²) < 4.78 is 5.55. The summed E-state index contributed by atoms with van der Waals surface area (Å²) in [5, 5.41) is 9.31. The number of carbonyl (C=O) groups is 1. The van der Waals surface area contributed by atoms with Crippen molar-refractivity contribution in [3.05, 3.63) is 23.7 Å². The normalized spacial score (nSPS) is 24.2. The number of aliphatic carboxylic acids is 1. The number of morpholine rings is 1. The van der Waals surface area contributed by atoms with Gasteiger partial charge in [0.15, 0.2) is 5.82 Å². The summed E-state index contributed by atoms with van der Waals surface area (Å²) in [6.07, 6.45) is 7.57. The van der Waals surface area contributed by atoms with E-state index in [1.54, 1.807) is 12.4 Å². The quantitative estimate of drug-likeness (QED) is 0.720. The van der Waals surface area contributed by atoms with Crippen molar-refractivity contribution in [2.24, 2.45) is 5.92 Å². The van der Waals surface area contributed by atoms with Gasteiger partial charge in [0, 0.05) is 50.2 Å². The zero-order valence-corrected chi connectivity index (χ0v) is 18.1. The lowest BCUT2D eigenvalue weighted by atomic mass is 9.84. The van der Waals surface area contributed by atoms with Crippen LogP contribution in [0.3, 0.4) is 0 Å². The first kappa shape index (κ1) is 21.0. The van der Waals surface area contributed by atoms with E-state index in [9.17, 15) is 9.90 Å². The summed E-state index contributed by atoms with van der Waals surface area (Å²) in [4.78, 5) is 34.2. The maximum atomic E-state index is 11.3. The number of nitrogens with two attached hydrogens (primary N) is 1. The molecule has 0 bridgehead atoms. The van der Waals surface area contributed by atoms with Crippen LogP contribution in [0.2, 0.25) is 0 Å². The van der Waals surface area contributed by atoms with Crippen molar-refractivity contribution in [3.8, 4) is 11.4 Å². The molecule has 3 N–H and O–H groups in total. The molecule has 0 radical (unpaired) electrons. The van der Waals surface area contributed by atoms with Crippen LogP contribution in [0.15, 0.2) is 12.4 Å². The number of anilines is 2. The maximum absolute atomic E-state index is 11.3. The van der Waals surface area contributed by atoms with Gasteiger partial charge in [0.1, 0.15) is 5.82 Å². The van der Waals surface area contributed by atoms with Gasteiger partial charge in [0.05, 0.1) is 30.4 Å². The molecule has 0 spiro atoms. The summed E-state index contributed by atoms with van der Waals surface area (Å²) in [6.45, 7) is 4.70. The molecule has 1 saturated heterocycles. The van der Waals surface area contributed by atoms with Crippen LogP contribution < -0.4 is 10.6 Å². The smallest absolute Gasteiger partial charge is 0.306 e. The molecule has 32 heavy (non-hydrogen) atoms. The number of aromatic nitrogens is 4. The van der Waals surface area contributed by atoms with Gasteiger partial charge >= 0.3 is 5.97 Å². The lowest BCUT2D eigenvalue weighted by Crippen LogP contribution is -2.43. The lowest BCUT2D eigenvalue weighted by Gasteiger charge is -2.39. The molecule has 0 unspecified atom stereocenters. The number of fused-ring (bicyclic) bond motifs is 1. The summed E-state index contributed by atoms with van der Waals surface area (Å²) in [7, 11) is 0. The van der Waals surface area contributed by atoms with Gasteiger partial charge in [-0.05, 0) is 32.1 Å². The Morgan fingerprint density at radius 1 is 1.06 bits per heavy atom. The van der Waals surface area contributed by atoms with Crippen LogP contribution in [0.5, 0.6) is 0 Å². The largest absolute Gasteiger partial charge is 0.481 e. The van der Waals surface area contributed by atoms with Crippen LogP contribution in [0.1, 0.15) is 36.9 Å². The zero-order valence-electron chi connectivity index (χ0n) is 18.1. The molecule has 10 nitrogen and oxygen atoms in total. The van der Waals surface area contributed by atoms with Crippen molar-refractivity contribution in [1.29, 1.82) is 0 Å². The van der Waals surface area contributed by atoms with Gasteiger partial charge in [-0.1, -0.05) is 0 Å². The first-order valence-electron chi connectivity index (χ1n) is 11.4. The number of nitrogen functional groups attached to an aromatic ring is 1. The van der Waals surface area contributed by atoms with Crippen LogP contribution in [0, 0.1) is 5.92 Å². The first-order valence-corrected chi connectivity index (χ1v) is 11.4. The molecule has 4 heterocycles. The topological polar surface area (TPSA) is 131 Å². The molecule has 0 atom stereocenters. The van der Waals surface area contributed by atoms with Gasteiger partial charge in [0.25, 0.3) is 0 Å². The fourth-order valence-electron chi connectivity index (χ4n) is 5.05. The highest BCUT2D eigenvalue weighted by Crippen LogP contribution is 2.34. The highest BCUT2D eigenvalue weighted by molar-refractivity contribution is 5.70. The molecule has 2 fully saturated rings. The molecule has 0 amide bonds. The second kappa shape index (κ2) is 8.95. The van der Waals surface area contributed by atoms with Crippen molar-refractivity contribution >= 4 is 17.7 Å². The molecular weight excluding hydrogens is 410 g/mol. The average Bonchev–Trinajstić information content (AvgIpc) is 2.84. The number of rotatable bonds is 4. The van der Waals surface area contributed by atoms with Crippen molar-refractivity contribution in [2.45, 2.75) is 44.7 Å². The Balaban J connectivity index is 1.43. The third kappa shape index (κ3) is 4.24. The third-order valence-corrected chi connectivity index (χ3v) is 6.88. The molecule has 0 aromatic carbocycles. The van der Waals surface area contributed by atoms with Crippen LogP contribution >= 0.6 is 0 Å². The molecule has 1 aliphatic carbocycles. The number of hydrogen-bond acceptors (Lipinski definition) is 9. The van der Waals surface area contributed by atoms with Crippen LogP contribution in [-0.2, 0) is 22.5 Å². The van der Waals surface area contributed by atoms with Gasteiger partial charge in [-0.25, -0.2) is 19.9 Å². The Morgan fingerprint density at radius 2 is 1.78 bits per heavy atom. The van der Waals surface area contributed by atoms with Crippen LogP contribution in [0.4, 0.5) is 11.8 Å². The first-order chi connectivity index (χ1) is 15.6. The lowest BCUT2D eigenvalue weighted by molar-refractivity contribution is -0.143. The Hall–Kier alpha value is -2.85. The minimum absolute atomic E-state index is 0.198. The summed E-state index contributed by atoms with van der Waals surface area (Å²) in [5.74, 6) is 0.964. The number of nitrogens with zero attached hydrogens (tertiary/aromatic N) is 6. The minimum atomic E-state index is -0.661. The summed E-state index contributed by atoms with van der Waals surface area (Å²) in [6, 6.07) is 0.406. The summed E-state index contributed by atoms with van der Waals surface area (Å²) >= 11 is 0. The molecule has 2 aromatic rings. The molecule has 170 valence electrons. The van der Waals surface area contributed by atoms with Gasteiger partial charge in [-0.15, -0.1) is 0 Å². The number of carboxylic acid groups (broad SMARTS) is 1. The monoisotopic (exact) mass is 439 g/mol. The molecular formula is C22H29N7O3. The minimum Gasteiger partial charge on any atom is -0.481 e. The highest BCUT2D eigenvalue weighted by atomic mass is 16.5. The van der Waals surface area contributed by atoms with Gasteiger partial charge in [-0.2, -0.15) is 0 Å². The Morgan fingerprint density at radius 3 is 2.47 bits per heavy atom. The third-order valence-electron chi connectivity index (χ3n) is 6.88. The Kier molecular flexibility index (Phi) is 5.88. The van der Waals surface area contributed by atoms with E-state index in [0.717, 1.165) is 75.4 Å². The second-order valence-electron chi connectivity index (χ2n) is 8.79. The molecule has 2 aliphatic heterocycles. The average molecular weight is 440 g/mol. The Labute approximate surface area is 186 Å². The molecule has 5 rings (SSSR count). The van der Waals surface area contributed by atoms with Crippen LogP contribution in [0.25, 0.3) is 11.4 Å². The Bertz CT molecular complexity index is 970. The summed E-state index contributed by atoms with van der Waals surface area (Å²) in [5.41, 5.74) is 8.66. The number of hydrogen-bond donors (Lipinski definition) is 2. The number of carboxylic acids is 1. The highest BCUT2D eigenvalue weighted by Gasteiger charge is 2.33. The van der Waals surface area contributed by atoms with Crippen molar-refractivity contribution in [1.82, 2.24) is 24.8 Å². The van der Waals surface area contributed by atoms with Crippen molar-refractivity contribution in [3.63, 3.8) is 0 Å². The fraction of sp³-hybridized carbons (Fsp3) is 0.591. The SMILES string of the molecule is Nc1ncc(-c2nc3c(c(N4CCOCC4)n2)CCN(C2CCC(C(=O)O)CC2)C3)cn1. The fourth-order valence-corrected chi connectivity index (χ4v) is 5.05. The second-order valence-corrected chi connectivity index (χ2v) is 8.79. The van der Waals surface area contributed by atoms with E-state index in [1.165, 1.54) is 5.56 Å². The van der Waals surface area contributed by atoms with Gasteiger partial charge < -0.3 is 20.5 Å². The molecule has 3 aliphatic rings. The van der Waals surface area contributed by atoms with E-state index in [4.69, 9.17) is 20.4 Å². The molecule has 1 saturated carbocycles. The predicted octanol–water partition coefficient (Wildman–Crippen LogP) is 1.35. The number of ether oxygens (including phenoxy) is 1. The van der Waals surface area contributed by atoms with E-state index in [-0.39, 0.29) is 11.9 Å². The van der Waals surface area contributed by atoms with Gasteiger partial charge in [0.2, 0.25) is 5.95 Å². The van der Waals surface area contributed by atoms with Crippen LogP contribution in [-0.4, -0.2) is 74.8 Å². The van der Waals surface area contributed by atoms with E-state index < -0.39 is 5.97 Å². The standard InChI is InChI=1S/C22H29N7O3/c23-22-24-11-15(12-25-22)19-26-18-13-29(16-3-1-14(2-4-16)21(30)31)6-5-17(18)20(27-19)28-7-9-32-10-8-28/h11-12,14,16H,1-10,13H2,(H,30,31)(H2,23,24,25). The molecule has 10 heteroatoms. The van der Waals surface area contributed by atoms with E-state index in [0.29, 0.717) is 25.1 Å². The van der Waals surface area contributed by atoms with E-state index in [2.05, 4.69) is 19.8 Å². The van der Waals surface area contributed by atoms with E-state index >= 15 is 0 Å². The van der Waals surface area contributed by atoms with E-state index in [1.807, 2.05) is 0 Å². The van der Waals surface area contributed by atoms with Gasteiger partial charge in [-0.3, -0.25) is 9.69 Å². The maximum Gasteiger partial charge on any atom is 0.306 e. The zero-order chi connectivity index (χ0) is 22.1. The van der Waals surface area contributed by atoms with Crippen molar-refractivity contribution < 1.29 is 14.6 Å².